The van der Waals surface area contributed by atoms with E-state index in [1.54, 1.807) is 18.2 Å². The molecule has 0 aliphatic rings. The van der Waals surface area contributed by atoms with E-state index < -0.39 is 5.51 Å². The van der Waals surface area contributed by atoms with Crippen LogP contribution < -0.4 is 15.6 Å². The Morgan fingerprint density at radius 1 is 1.00 bits per heavy atom. The fraction of sp³-hybridized carbons (Fsp3) is 0.250. The van der Waals surface area contributed by atoms with Crippen LogP contribution in [0.3, 0.4) is 0 Å². The Kier molecular flexibility index (Phi) is 8.78. The summed E-state index contributed by atoms with van der Waals surface area (Å²) in [6, 6.07) is 23.3. The number of alkyl halides is 3. The van der Waals surface area contributed by atoms with Crippen LogP contribution in [0.25, 0.3) is 10.9 Å². The minimum atomic E-state index is -4.32. The highest BCUT2D eigenvalue weighted by atomic mass is 32.2. The number of carbonyl (C=O) groups is 1. The Bertz CT molecular complexity index is 1320. The van der Waals surface area contributed by atoms with Gasteiger partial charge in [-0.2, -0.15) is 13.2 Å². The molecule has 1 amide bonds. The number of nitrogens with one attached hydrogen (secondary N) is 2. The van der Waals surface area contributed by atoms with Crippen molar-refractivity contribution >= 4 is 28.6 Å². The number of halogens is 3. The monoisotopic (exact) mass is 527 g/mol. The van der Waals surface area contributed by atoms with Crippen LogP contribution in [0, 0.1) is 0 Å². The summed E-state index contributed by atoms with van der Waals surface area (Å²) in [7, 11) is 0. The van der Waals surface area contributed by atoms with Crippen molar-refractivity contribution in [1.82, 2.24) is 15.4 Å². The first-order chi connectivity index (χ1) is 17.8. The number of thioether (sulfide) groups is 1. The number of aromatic nitrogens is 1. The van der Waals surface area contributed by atoms with Gasteiger partial charge in [0, 0.05) is 34.5 Å². The first kappa shape index (κ1) is 26.6. The molecule has 0 spiro atoms. The van der Waals surface area contributed by atoms with Crippen LogP contribution in [0.15, 0.2) is 83.8 Å². The molecule has 9 heteroatoms. The molecule has 0 radical (unpaired) electrons. The molecular formula is C28H28F3N3O2S. The molecule has 0 saturated heterocycles. The number of benzene rings is 3. The Morgan fingerprint density at radius 3 is 2.46 bits per heavy atom. The lowest BCUT2D eigenvalue weighted by Gasteiger charge is -2.13. The number of amides is 1. The van der Waals surface area contributed by atoms with Gasteiger partial charge in [0.2, 0.25) is 0 Å². The van der Waals surface area contributed by atoms with Crippen molar-refractivity contribution in [2.45, 2.75) is 43.3 Å². The van der Waals surface area contributed by atoms with E-state index in [1.165, 1.54) is 12.1 Å². The van der Waals surface area contributed by atoms with Crippen molar-refractivity contribution < 1.29 is 22.7 Å². The van der Waals surface area contributed by atoms with E-state index in [2.05, 4.69) is 22.3 Å². The lowest BCUT2D eigenvalue weighted by molar-refractivity contribution is -0.0328. The Balaban J connectivity index is 1.59. The molecule has 0 atom stereocenters. The number of unbranched alkanes of at least 4 members (excludes halogenated alkanes) is 1. The smallest absolute Gasteiger partial charge is 0.446 e. The number of carbonyl (C=O) groups excluding carboxylic acids is 1. The Labute approximate surface area is 218 Å². The van der Waals surface area contributed by atoms with E-state index >= 15 is 0 Å². The summed E-state index contributed by atoms with van der Waals surface area (Å²) in [5, 5.41) is 0.872. The molecule has 0 aliphatic heterocycles. The van der Waals surface area contributed by atoms with Gasteiger partial charge >= 0.3 is 5.51 Å². The highest BCUT2D eigenvalue weighted by Crippen LogP contribution is 2.36. The van der Waals surface area contributed by atoms with Gasteiger partial charge in [0.05, 0.1) is 5.69 Å². The SMILES string of the molecule is CCCCNNC(=O)c1ccc2c(c1)cc(COc1ccccc1)n2Cc1ccc(SC(F)(F)F)cc1. The van der Waals surface area contributed by atoms with Crippen LogP contribution in [-0.2, 0) is 13.2 Å². The molecule has 194 valence electrons. The van der Waals surface area contributed by atoms with Gasteiger partial charge in [0.15, 0.2) is 0 Å². The highest BCUT2D eigenvalue weighted by Gasteiger charge is 2.29. The third-order valence-corrected chi connectivity index (χ3v) is 6.47. The average molecular weight is 528 g/mol. The van der Waals surface area contributed by atoms with Crippen molar-refractivity contribution in [2.24, 2.45) is 0 Å². The van der Waals surface area contributed by atoms with Gasteiger partial charge in [-0.05, 0) is 72.3 Å². The molecule has 1 aromatic heterocycles. The quantitative estimate of drug-likeness (QED) is 0.126. The summed E-state index contributed by atoms with van der Waals surface area (Å²) in [6.45, 7) is 3.51. The highest BCUT2D eigenvalue weighted by molar-refractivity contribution is 8.00. The lowest BCUT2D eigenvalue weighted by atomic mass is 10.1. The van der Waals surface area contributed by atoms with Crippen LogP contribution in [0.2, 0.25) is 0 Å². The first-order valence-corrected chi connectivity index (χ1v) is 12.8. The van der Waals surface area contributed by atoms with E-state index in [1.807, 2.05) is 48.5 Å². The van der Waals surface area contributed by atoms with E-state index in [9.17, 15) is 18.0 Å². The minimum Gasteiger partial charge on any atom is -0.487 e. The largest absolute Gasteiger partial charge is 0.487 e. The van der Waals surface area contributed by atoms with E-state index in [-0.39, 0.29) is 22.6 Å². The van der Waals surface area contributed by atoms with Gasteiger partial charge < -0.3 is 9.30 Å². The molecular weight excluding hydrogens is 499 g/mol. The van der Waals surface area contributed by atoms with Gasteiger partial charge in [0.25, 0.3) is 5.91 Å². The number of rotatable bonds is 11. The predicted molar refractivity (Wildman–Crippen MR) is 141 cm³/mol. The van der Waals surface area contributed by atoms with E-state index in [0.717, 1.165) is 40.8 Å². The summed E-state index contributed by atoms with van der Waals surface area (Å²) >= 11 is -0.129. The number of ether oxygens (including phenoxy) is 1. The number of nitrogens with zero attached hydrogens (tertiary/aromatic N) is 1. The lowest BCUT2D eigenvalue weighted by Crippen LogP contribution is -2.37. The zero-order valence-electron chi connectivity index (χ0n) is 20.3. The Morgan fingerprint density at radius 2 is 1.76 bits per heavy atom. The van der Waals surface area contributed by atoms with E-state index in [0.29, 0.717) is 25.3 Å². The van der Waals surface area contributed by atoms with Crippen molar-refractivity contribution in [3.05, 3.63) is 95.7 Å². The van der Waals surface area contributed by atoms with Gasteiger partial charge in [-0.25, -0.2) is 5.43 Å². The second-order valence-corrected chi connectivity index (χ2v) is 9.66. The average Bonchev–Trinajstić information content (AvgIpc) is 3.22. The second kappa shape index (κ2) is 12.2. The van der Waals surface area contributed by atoms with E-state index in [4.69, 9.17) is 4.74 Å². The second-order valence-electron chi connectivity index (χ2n) is 8.52. The van der Waals surface area contributed by atoms with Crippen LogP contribution in [0.5, 0.6) is 5.75 Å². The van der Waals surface area contributed by atoms with Crippen LogP contribution >= 0.6 is 11.8 Å². The van der Waals surface area contributed by atoms with Crippen LogP contribution in [-0.4, -0.2) is 22.5 Å². The molecule has 0 aliphatic carbocycles. The molecule has 0 saturated carbocycles. The van der Waals surface area contributed by atoms with Crippen LogP contribution in [0.1, 0.15) is 41.4 Å². The molecule has 4 rings (SSSR count). The topological polar surface area (TPSA) is 55.3 Å². The van der Waals surface area contributed by atoms with Crippen molar-refractivity contribution in [2.75, 3.05) is 6.54 Å². The summed E-state index contributed by atoms with van der Waals surface area (Å²) in [5.74, 6) is 0.511. The maximum absolute atomic E-state index is 12.7. The standard InChI is InChI=1S/C28H28F3N3O2S/c1-2-3-15-32-33-27(35)21-11-14-26-22(16-21)17-23(19-36-24-7-5-4-6-8-24)34(26)18-20-9-12-25(13-10-20)37-28(29,30)31/h4-14,16-17,32H,2-3,15,18-19H2,1H3,(H,33,35). The zero-order valence-corrected chi connectivity index (χ0v) is 21.2. The summed E-state index contributed by atoms with van der Waals surface area (Å²) in [5.41, 5.74) is 4.50. The van der Waals surface area contributed by atoms with Crippen LogP contribution in [0.4, 0.5) is 13.2 Å². The van der Waals surface area contributed by atoms with Crippen molar-refractivity contribution in [3.63, 3.8) is 0 Å². The van der Waals surface area contributed by atoms with Gasteiger partial charge in [-0.1, -0.05) is 43.7 Å². The van der Waals surface area contributed by atoms with Crippen molar-refractivity contribution in [3.8, 4) is 5.75 Å². The predicted octanol–water partition coefficient (Wildman–Crippen LogP) is 6.92. The molecule has 0 unspecified atom stereocenters. The third-order valence-electron chi connectivity index (χ3n) is 5.73. The number of fused-ring (bicyclic) bond motifs is 1. The maximum atomic E-state index is 12.7. The molecule has 3 aromatic carbocycles. The number of hydrogen-bond donors (Lipinski definition) is 2. The summed E-state index contributed by atoms with van der Waals surface area (Å²) in [6.07, 6.45) is 1.99. The molecule has 5 nitrogen and oxygen atoms in total. The third kappa shape index (κ3) is 7.53. The number of hydrazine groups is 1. The first-order valence-electron chi connectivity index (χ1n) is 12.0. The molecule has 1 heterocycles. The fourth-order valence-electron chi connectivity index (χ4n) is 3.91. The maximum Gasteiger partial charge on any atom is 0.446 e. The number of para-hydroxylation sites is 1. The molecule has 4 aromatic rings. The summed E-state index contributed by atoms with van der Waals surface area (Å²) < 4.78 is 46.2. The Hall–Kier alpha value is -3.43. The number of hydrogen-bond acceptors (Lipinski definition) is 4. The van der Waals surface area contributed by atoms with Gasteiger partial charge in [0.1, 0.15) is 12.4 Å². The van der Waals surface area contributed by atoms with Gasteiger partial charge in [-0.3, -0.25) is 10.2 Å². The normalized spacial score (nSPS) is 11.6. The molecule has 2 N–H and O–H groups in total. The molecule has 37 heavy (non-hydrogen) atoms. The molecule has 0 fully saturated rings. The zero-order chi connectivity index (χ0) is 26.3. The molecule has 0 bridgehead atoms. The minimum absolute atomic E-state index is 0.129. The van der Waals surface area contributed by atoms with Gasteiger partial charge in [-0.15, -0.1) is 0 Å². The fourth-order valence-corrected chi connectivity index (χ4v) is 4.45. The summed E-state index contributed by atoms with van der Waals surface area (Å²) in [4.78, 5) is 12.7. The van der Waals surface area contributed by atoms with Crippen molar-refractivity contribution in [1.29, 1.82) is 0 Å².